The van der Waals surface area contributed by atoms with Gasteiger partial charge in [-0.1, -0.05) is 0 Å². The lowest BCUT2D eigenvalue weighted by Gasteiger charge is -2.34. The van der Waals surface area contributed by atoms with Gasteiger partial charge in [0.2, 0.25) is 5.88 Å². The smallest absolute Gasteiger partial charge is 0.338 e. The minimum absolute atomic E-state index is 0.0300. The lowest BCUT2D eigenvalue weighted by molar-refractivity contribution is -0.384. The second kappa shape index (κ2) is 8.86. The third kappa shape index (κ3) is 3.94. The number of hydrogen-bond acceptors (Lipinski definition) is 8. The minimum atomic E-state index is -0.917. The molecule has 1 aromatic carbocycles. The molecule has 2 heterocycles. The number of nitrogens with zero attached hydrogens (tertiary/aromatic N) is 3. The van der Waals surface area contributed by atoms with Gasteiger partial charge in [0, 0.05) is 30.9 Å². The van der Waals surface area contributed by atoms with Gasteiger partial charge in [0.25, 0.3) is 5.69 Å². The molecular weight excluding hydrogens is 388 g/mol. The van der Waals surface area contributed by atoms with Crippen LogP contribution in [0.25, 0.3) is 0 Å². The van der Waals surface area contributed by atoms with Crippen LogP contribution in [0.4, 0.5) is 11.4 Å². The van der Waals surface area contributed by atoms with E-state index in [9.17, 15) is 20.2 Å². The van der Waals surface area contributed by atoms with Gasteiger partial charge >= 0.3 is 5.97 Å². The lowest BCUT2D eigenvalue weighted by Crippen LogP contribution is -2.32. The Bertz CT molecular complexity index is 970. The first kappa shape index (κ1) is 21.2. The molecule has 9 nitrogen and oxygen atoms in total. The Kier molecular flexibility index (Phi) is 6.26. The molecule has 0 saturated carbocycles. The molecule has 3 rings (SSSR count). The molecule has 1 aromatic rings. The highest BCUT2D eigenvalue weighted by Gasteiger charge is 2.39. The zero-order valence-corrected chi connectivity index (χ0v) is 17.0. The van der Waals surface area contributed by atoms with Crippen LogP contribution in [0.1, 0.15) is 44.6 Å². The summed E-state index contributed by atoms with van der Waals surface area (Å²) in [7, 11) is 0. The fourth-order valence-corrected chi connectivity index (χ4v) is 3.98. The summed E-state index contributed by atoms with van der Waals surface area (Å²) in [5.41, 5.74) is 7.20. The molecule has 30 heavy (non-hydrogen) atoms. The number of ether oxygens (including phenoxy) is 2. The number of hydrogen-bond donors (Lipinski definition) is 1. The van der Waals surface area contributed by atoms with Crippen molar-refractivity contribution >= 4 is 17.3 Å². The maximum Gasteiger partial charge on any atom is 0.338 e. The number of nitro benzene ring substituents is 1. The average molecular weight is 412 g/mol. The molecule has 1 fully saturated rings. The van der Waals surface area contributed by atoms with Crippen LogP contribution in [0.5, 0.6) is 0 Å². The molecule has 1 atom stereocenters. The zero-order valence-electron chi connectivity index (χ0n) is 17.0. The van der Waals surface area contributed by atoms with Crippen molar-refractivity contribution in [2.75, 3.05) is 24.6 Å². The van der Waals surface area contributed by atoms with Gasteiger partial charge in [-0.2, -0.15) is 5.26 Å². The first-order valence-electron chi connectivity index (χ1n) is 9.87. The monoisotopic (exact) mass is 412 g/mol. The Morgan fingerprint density at radius 1 is 1.40 bits per heavy atom. The number of anilines is 1. The first-order chi connectivity index (χ1) is 14.4. The van der Waals surface area contributed by atoms with Crippen molar-refractivity contribution in [3.8, 4) is 6.07 Å². The molecule has 2 N–H and O–H groups in total. The van der Waals surface area contributed by atoms with E-state index < -0.39 is 16.8 Å². The minimum Gasteiger partial charge on any atom is -0.463 e. The van der Waals surface area contributed by atoms with Crippen LogP contribution < -0.4 is 10.6 Å². The molecule has 0 bridgehead atoms. The highest BCUT2D eigenvalue weighted by atomic mass is 16.6. The van der Waals surface area contributed by atoms with E-state index in [2.05, 4.69) is 4.90 Å². The number of carbonyl (C=O) groups is 1. The summed E-state index contributed by atoms with van der Waals surface area (Å²) < 4.78 is 10.6. The van der Waals surface area contributed by atoms with Crippen molar-refractivity contribution in [2.24, 2.45) is 5.73 Å². The quantitative estimate of drug-likeness (QED) is 0.443. The Balaban J connectivity index is 2.25. The van der Waals surface area contributed by atoms with Crippen LogP contribution in [-0.4, -0.2) is 30.6 Å². The molecule has 9 heteroatoms. The van der Waals surface area contributed by atoms with Crippen LogP contribution in [0.15, 0.2) is 41.0 Å². The summed E-state index contributed by atoms with van der Waals surface area (Å²) in [6.45, 7) is 4.95. The summed E-state index contributed by atoms with van der Waals surface area (Å²) in [6.07, 6.45) is 3.10. The summed E-state index contributed by atoms with van der Waals surface area (Å²) in [6, 6.07) is 6.56. The van der Waals surface area contributed by atoms with Gasteiger partial charge in [-0.3, -0.25) is 10.1 Å². The lowest BCUT2D eigenvalue weighted by atomic mass is 9.81. The van der Waals surface area contributed by atoms with Crippen LogP contribution in [0.2, 0.25) is 0 Å². The van der Waals surface area contributed by atoms with Crippen molar-refractivity contribution in [3.05, 3.63) is 56.7 Å². The molecule has 0 amide bonds. The van der Waals surface area contributed by atoms with Crippen molar-refractivity contribution in [1.29, 1.82) is 5.26 Å². The van der Waals surface area contributed by atoms with Gasteiger partial charge in [-0.25, -0.2) is 4.79 Å². The van der Waals surface area contributed by atoms with E-state index in [4.69, 9.17) is 15.2 Å². The second-order valence-corrected chi connectivity index (χ2v) is 7.16. The topological polar surface area (TPSA) is 132 Å². The number of rotatable bonds is 5. The SMILES string of the molecule is CCOC(=O)C1=C(C)OC(N)=C(C#N)C1c1cc([N+](=O)[O-])ccc1N1CCCCC1. The molecule has 0 aliphatic carbocycles. The van der Waals surface area contributed by atoms with Crippen LogP contribution >= 0.6 is 0 Å². The van der Waals surface area contributed by atoms with Gasteiger partial charge in [-0.15, -0.1) is 0 Å². The molecule has 0 aromatic heterocycles. The number of esters is 1. The van der Waals surface area contributed by atoms with Crippen LogP contribution in [-0.2, 0) is 14.3 Å². The standard InChI is InChI=1S/C21H24N4O5/c1-3-29-21(26)18-13(2)30-20(23)16(12-22)19(18)15-11-14(25(27)28)7-8-17(15)24-9-5-4-6-10-24/h7-8,11,19H,3-6,9-10,23H2,1-2H3. The van der Waals surface area contributed by atoms with Crippen LogP contribution in [0, 0.1) is 21.4 Å². The van der Waals surface area contributed by atoms with E-state index in [0.29, 0.717) is 5.56 Å². The van der Waals surface area contributed by atoms with Gasteiger partial charge in [0.05, 0.1) is 23.0 Å². The maximum absolute atomic E-state index is 12.8. The Morgan fingerprint density at radius 2 is 2.10 bits per heavy atom. The van der Waals surface area contributed by atoms with Gasteiger partial charge in [-0.05, 0) is 44.7 Å². The van der Waals surface area contributed by atoms with Crippen molar-refractivity contribution < 1.29 is 19.2 Å². The number of non-ortho nitro benzene ring substituents is 1. The maximum atomic E-state index is 12.8. The third-order valence-electron chi connectivity index (χ3n) is 5.33. The van der Waals surface area contributed by atoms with Crippen LogP contribution in [0.3, 0.4) is 0 Å². The normalized spacial score (nSPS) is 19.2. The highest BCUT2D eigenvalue weighted by molar-refractivity contribution is 5.93. The Labute approximate surface area is 174 Å². The van der Waals surface area contributed by atoms with Gasteiger partial charge in [0.15, 0.2) is 0 Å². The Morgan fingerprint density at radius 3 is 2.70 bits per heavy atom. The van der Waals surface area contributed by atoms with E-state index >= 15 is 0 Å². The number of nitrogens with two attached hydrogens (primary N) is 1. The van der Waals surface area contributed by atoms with Gasteiger partial charge in [0.1, 0.15) is 17.4 Å². The van der Waals surface area contributed by atoms with E-state index in [0.717, 1.165) is 38.0 Å². The van der Waals surface area contributed by atoms with Crippen molar-refractivity contribution in [3.63, 3.8) is 0 Å². The molecule has 1 unspecified atom stereocenters. The number of piperidine rings is 1. The predicted octanol–water partition coefficient (Wildman–Crippen LogP) is 3.23. The number of carbonyl (C=O) groups excluding carboxylic acids is 1. The number of benzene rings is 1. The molecule has 2 aliphatic heterocycles. The third-order valence-corrected chi connectivity index (χ3v) is 5.33. The molecule has 2 aliphatic rings. The molecule has 158 valence electrons. The number of allylic oxidation sites excluding steroid dienone is 2. The molecule has 0 radical (unpaired) electrons. The molecule has 1 saturated heterocycles. The number of nitriles is 1. The van der Waals surface area contributed by atoms with E-state index in [1.165, 1.54) is 12.1 Å². The predicted molar refractivity (Wildman–Crippen MR) is 109 cm³/mol. The van der Waals surface area contributed by atoms with Crippen molar-refractivity contribution in [1.82, 2.24) is 0 Å². The Hall–Kier alpha value is -3.54. The van der Waals surface area contributed by atoms with Gasteiger partial charge < -0.3 is 20.1 Å². The summed E-state index contributed by atoms with van der Waals surface area (Å²) >= 11 is 0. The van der Waals surface area contributed by atoms with E-state index in [1.807, 2.05) is 6.07 Å². The molecular formula is C21H24N4O5. The molecule has 0 spiro atoms. The number of nitro groups is 1. The first-order valence-corrected chi connectivity index (χ1v) is 9.87. The summed E-state index contributed by atoms with van der Waals surface area (Å²) in [5.74, 6) is -1.47. The van der Waals surface area contributed by atoms with E-state index in [-0.39, 0.29) is 35.1 Å². The van der Waals surface area contributed by atoms with Crippen molar-refractivity contribution in [2.45, 2.75) is 39.0 Å². The fraction of sp³-hybridized carbons (Fsp3) is 0.429. The summed E-state index contributed by atoms with van der Waals surface area (Å²) in [4.78, 5) is 25.9. The largest absolute Gasteiger partial charge is 0.463 e. The second-order valence-electron chi connectivity index (χ2n) is 7.16. The fourth-order valence-electron chi connectivity index (χ4n) is 3.98. The summed E-state index contributed by atoms with van der Waals surface area (Å²) in [5, 5.41) is 21.3. The highest BCUT2D eigenvalue weighted by Crippen LogP contribution is 2.44. The van der Waals surface area contributed by atoms with E-state index in [1.54, 1.807) is 19.9 Å². The zero-order chi connectivity index (χ0) is 21.8. The average Bonchev–Trinajstić information content (AvgIpc) is 2.73.